The van der Waals surface area contributed by atoms with E-state index in [-0.39, 0.29) is 5.91 Å². The van der Waals surface area contributed by atoms with Crippen molar-refractivity contribution in [3.05, 3.63) is 0 Å². The van der Waals surface area contributed by atoms with E-state index in [0.717, 1.165) is 32.1 Å². The molecular weight excluding hydrogens is 278 g/mol. The Kier molecular flexibility index (Phi) is 12.9. The normalized spacial score (nSPS) is 12.1. The lowest BCUT2D eigenvalue weighted by atomic mass is 10.1. The largest absolute Gasteiger partial charge is 0.480 e. The molecule has 1 atom stereocenters. The minimum atomic E-state index is -0.883. The molecule has 0 rings (SSSR count). The second kappa shape index (κ2) is 13.6. The third-order valence-corrected chi connectivity index (χ3v) is 4.22. The first kappa shape index (κ1) is 20.9. The van der Waals surface area contributed by atoms with Crippen molar-refractivity contribution in [2.24, 2.45) is 0 Å². The number of rotatable bonds is 14. The van der Waals surface area contributed by atoms with Crippen molar-refractivity contribution in [2.75, 3.05) is 7.05 Å². The molecule has 0 aliphatic rings. The summed E-state index contributed by atoms with van der Waals surface area (Å²) in [5.74, 6) is -0.913. The zero-order valence-electron chi connectivity index (χ0n) is 14.8. The van der Waals surface area contributed by atoms with Gasteiger partial charge in [-0.2, -0.15) is 0 Å². The van der Waals surface area contributed by atoms with Gasteiger partial charge in [0.2, 0.25) is 5.91 Å². The number of unbranched alkanes of at least 4 members (excludes halogenated alkanes) is 8. The van der Waals surface area contributed by atoms with Crippen LogP contribution < -0.4 is 0 Å². The van der Waals surface area contributed by atoms with Gasteiger partial charge in [0.15, 0.2) is 0 Å². The van der Waals surface area contributed by atoms with Crippen LogP contribution in [-0.2, 0) is 9.59 Å². The summed E-state index contributed by atoms with van der Waals surface area (Å²) in [6.07, 6.45) is 12.1. The number of carboxylic acid groups (broad SMARTS) is 1. The Morgan fingerprint density at radius 1 is 0.864 bits per heavy atom. The lowest BCUT2D eigenvalue weighted by molar-refractivity contribution is -0.149. The van der Waals surface area contributed by atoms with Crippen LogP contribution in [0.3, 0.4) is 0 Å². The van der Waals surface area contributed by atoms with E-state index in [2.05, 4.69) is 13.8 Å². The van der Waals surface area contributed by atoms with Crippen molar-refractivity contribution < 1.29 is 14.7 Å². The lowest BCUT2D eigenvalue weighted by Gasteiger charge is -2.25. The maximum Gasteiger partial charge on any atom is 0.326 e. The summed E-state index contributed by atoms with van der Waals surface area (Å²) in [4.78, 5) is 24.9. The average molecular weight is 313 g/mol. The van der Waals surface area contributed by atoms with Gasteiger partial charge >= 0.3 is 5.97 Å². The molecule has 0 saturated carbocycles. The van der Waals surface area contributed by atoms with Crippen LogP contribution in [0.15, 0.2) is 0 Å². The first-order chi connectivity index (χ1) is 10.5. The van der Waals surface area contributed by atoms with Gasteiger partial charge in [-0.15, -0.1) is 0 Å². The smallest absolute Gasteiger partial charge is 0.326 e. The van der Waals surface area contributed by atoms with Gasteiger partial charge in [-0.05, 0) is 12.8 Å². The van der Waals surface area contributed by atoms with Crippen LogP contribution in [-0.4, -0.2) is 35.0 Å². The summed E-state index contributed by atoms with van der Waals surface area (Å²) >= 11 is 0. The molecule has 0 aliphatic carbocycles. The number of hydrogen-bond acceptors (Lipinski definition) is 2. The second-order valence-corrected chi connectivity index (χ2v) is 6.23. The van der Waals surface area contributed by atoms with Gasteiger partial charge in [-0.1, -0.05) is 71.6 Å². The Balaban J connectivity index is 3.97. The van der Waals surface area contributed by atoms with Crippen molar-refractivity contribution in [3.8, 4) is 0 Å². The highest BCUT2D eigenvalue weighted by atomic mass is 16.4. The van der Waals surface area contributed by atoms with E-state index in [4.69, 9.17) is 0 Å². The number of carbonyl (C=O) groups is 2. The van der Waals surface area contributed by atoms with Crippen LogP contribution in [0.25, 0.3) is 0 Å². The van der Waals surface area contributed by atoms with Crippen LogP contribution in [0, 0.1) is 0 Å². The SMILES string of the molecule is CCCCCCCCCC(=O)N(C)C(CCCCC)C(=O)O. The van der Waals surface area contributed by atoms with Gasteiger partial charge in [0, 0.05) is 13.5 Å². The van der Waals surface area contributed by atoms with E-state index in [1.807, 2.05) is 0 Å². The highest BCUT2D eigenvalue weighted by molar-refractivity contribution is 5.83. The molecular formula is C18H35NO3. The Hall–Kier alpha value is -1.06. The van der Waals surface area contributed by atoms with Gasteiger partial charge < -0.3 is 10.0 Å². The predicted octanol–water partition coefficient (Wildman–Crippen LogP) is 4.62. The number of carbonyl (C=O) groups excluding carboxylic acids is 1. The molecule has 0 radical (unpaired) electrons. The molecule has 0 bridgehead atoms. The summed E-state index contributed by atoms with van der Waals surface area (Å²) in [5, 5.41) is 9.29. The number of amides is 1. The van der Waals surface area contributed by atoms with E-state index in [0.29, 0.717) is 12.8 Å². The first-order valence-electron chi connectivity index (χ1n) is 9.03. The van der Waals surface area contributed by atoms with Crippen LogP contribution >= 0.6 is 0 Å². The fourth-order valence-corrected chi connectivity index (χ4v) is 2.65. The molecule has 4 nitrogen and oxygen atoms in total. The van der Waals surface area contributed by atoms with Crippen LogP contribution in [0.1, 0.15) is 90.9 Å². The first-order valence-corrected chi connectivity index (χ1v) is 9.03. The van der Waals surface area contributed by atoms with Crippen molar-refractivity contribution in [1.82, 2.24) is 4.90 Å². The van der Waals surface area contributed by atoms with Crippen molar-refractivity contribution in [3.63, 3.8) is 0 Å². The van der Waals surface area contributed by atoms with Gasteiger partial charge in [-0.25, -0.2) is 4.79 Å². The molecule has 0 aromatic rings. The number of carboxylic acids is 1. The predicted molar refractivity (Wildman–Crippen MR) is 90.9 cm³/mol. The number of hydrogen-bond donors (Lipinski definition) is 1. The third kappa shape index (κ3) is 9.80. The fraction of sp³-hybridized carbons (Fsp3) is 0.889. The summed E-state index contributed by atoms with van der Waals surface area (Å²) in [6.45, 7) is 4.29. The highest BCUT2D eigenvalue weighted by Crippen LogP contribution is 2.13. The van der Waals surface area contributed by atoms with E-state index < -0.39 is 12.0 Å². The van der Waals surface area contributed by atoms with E-state index in [1.54, 1.807) is 7.05 Å². The van der Waals surface area contributed by atoms with Gasteiger partial charge in [0.1, 0.15) is 6.04 Å². The van der Waals surface area contributed by atoms with Crippen molar-refractivity contribution in [2.45, 2.75) is 96.9 Å². The number of nitrogens with zero attached hydrogens (tertiary/aromatic N) is 1. The van der Waals surface area contributed by atoms with Gasteiger partial charge in [0.05, 0.1) is 0 Å². The molecule has 0 saturated heterocycles. The highest BCUT2D eigenvalue weighted by Gasteiger charge is 2.25. The zero-order chi connectivity index (χ0) is 16.8. The zero-order valence-corrected chi connectivity index (χ0v) is 14.8. The molecule has 0 fully saturated rings. The topological polar surface area (TPSA) is 57.6 Å². The Bertz CT molecular complexity index is 305. The molecule has 0 aliphatic heterocycles. The molecule has 1 unspecified atom stereocenters. The molecule has 4 heteroatoms. The van der Waals surface area contributed by atoms with Crippen molar-refractivity contribution in [1.29, 1.82) is 0 Å². The molecule has 1 amide bonds. The maximum atomic E-state index is 12.1. The van der Waals surface area contributed by atoms with E-state index in [1.165, 1.54) is 37.0 Å². The number of likely N-dealkylation sites (N-methyl/N-ethyl adjacent to an activating group) is 1. The second-order valence-electron chi connectivity index (χ2n) is 6.23. The molecule has 1 N–H and O–H groups in total. The minimum Gasteiger partial charge on any atom is -0.480 e. The van der Waals surface area contributed by atoms with Crippen LogP contribution in [0.2, 0.25) is 0 Å². The lowest BCUT2D eigenvalue weighted by Crippen LogP contribution is -2.42. The van der Waals surface area contributed by atoms with Gasteiger partial charge in [0.25, 0.3) is 0 Å². The average Bonchev–Trinajstić information content (AvgIpc) is 2.49. The summed E-state index contributed by atoms with van der Waals surface area (Å²) in [5.41, 5.74) is 0. The standard InChI is InChI=1S/C18H35NO3/c1-4-6-8-9-10-11-13-15-17(20)19(3)16(18(21)22)14-12-7-5-2/h16H,4-15H2,1-3H3,(H,21,22). The fourth-order valence-electron chi connectivity index (χ4n) is 2.65. The van der Waals surface area contributed by atoms with Crippen LogP contribution in [0.5, 0.6) is 0 Å². The summed E-state index contributed by atoms with van der Waals surface area (Å²) in [6, 6.07) is -0.663. The molecule has 0 aromatic heterocycles. The molecule has 0 aromatic carbocycles. The summed E-state index contributed by atoms with van der Waals surface area (Å²) < 4.78 is 0. The minimum absolute atomic E-state index is 0.0301. The van der Waals surface area contributed by atoms with Crippen molar-refractivity contribution >= 4 is 11.9 Å². The monoisotopic (exact) mass is 313 g/mol. The van der Waals surface area contributed by atoms with E-state index in [9.17, 15) is 14.7 Å². The summed E-state index contributed by atoms with van der Waals surface area (Å²) in [7, 11) is 1.63. The van der Waals surface area contributed by atoms with Crippen LogP contribution in [0.4, 0.5) is 0 Å². The van der Waals surface area contributed by atoms with Gasteiger partial charge in [-0.3, -0.25) is 4.79 Å². The maximum absolute atomic E-state index is 12.1. The Morgan fingerprint density at radius 2 is 1.36 bits per heavy atom. The van der Waals surface area contributed by atoms with E-state index >= 15 is 0 Å². The molecule has 0 spiro atoms. The third-order valence-electron chi connectivity index (χ3n) is 4.22. The quantitative estimate of drug-likeness (QED) is 0.476. The number of aliphatic carboxylic acids is 1. The molecule has 0 heterocycles. The molecule has 22 heavy (non-hydrogen) atoms. The molecule has 130 valence electrons. The Labute approximate surface area is 136 Å². The Morgan fingerprint density at radius 3 is 1.91 bits per heavy atom.